The lowest BCUT2D eigenvalue weighted by Gasteiger charge is -2.18. The molecule has 1 saturated carbocycles. The summed E-state index contributed by atoms with van der Waals surface area (Å²) in [7, 11) is 0. The molecule has 0 spiro atoms. The second kappa shape index (κ2) is 4.88. The standard InChI is InChI=1S/C15H20N2O2S/c1-7-3-4-9-11(5-7)20-15(12(9)13(16)18)17-14(19)10-6-8(10)2/h7-8,10H,3-6H2,1-2H3,(H2,16,18)(H,17,19)/t7-,8-,10+/m1/s1. The quantitative estimate of drug-likeness (QED) is 0.898. The Morgan fingerprint density at radius 3 is 2.65 bits per heavy atom. The molecule has 4 nitrogen and oxygen atoms in total. The Bertz CT molecular complexity index is 579. The fraction of sp³-hybridized carbons (Fsp3) is 0.600. The normalized spacial score (nSPS) is 27.8. The average molecular weight is 292 g/mol. The molecule has 3 atom stereocenters. The Kier molecular flexibility index (Phi) is 3.32. The summed E-state index contributed by atoms with van der Waals surface area (Å²) in [6.45, 7) is 4.29. The molecule has 0 unspecified atom stereocenters. The number of hydrogen-bond acceptors (Lipinski definition) is 3. The number of fused-ring (bicyclic) bond motifs is 1. The van der Waals surface area contributed by atoms with Gasteiger partial charge in [-0.1, -0.05) is 13.8 Å². The van der Waals surface area contributed by atoms with Crippen molar-refractivity contribution in [2.24, 2.45) is 23.5 Å². The largest absolute Gasteiger partial charge is 0.365 e. The first-order valence-corrected chi connectivity index (χ1v) is 8.04. The van der Waals surface area contributed by atoms with Gasteiger partial charge in [-0.3, -0.25) is 9.59 Å². The topological polar surface area (TPSA) is 72.2 Å². The highest BCUT2D eigenvalue weighted by molar-refractivity contribution is 7.17. The number of hydrogen-bond donors (Lipinski definition) is 2. The van der Waals surface area contributed by atoms with Crippen molar-refractivity contribution in [3.05, 3.63) is 16.0 Å². The Morgan fingerprint density at radius 2 is 2.05 bits per heavy atom. The lowest BCUT2D eigenvalue weighted by atomic mass is 9.88. The number of rotatable bonds is 3. The second-order valence-corrected chi connectivity index (χ2v) is 7.33. The molecule has 20 heavy (non-hydrogen) atoms. The first-order chi connectivity index (χ1) is 9.47. The molecule has 1 aromatic heterocycles. The lowest BCUT2D eigenvalue weighted by Crippen LogP contribution is -2.20. The molecule has 1 heterocycles. The molecular formula is C15H20N2O2S. The smallest absolute Gasteiger partial charge is 0.251 e. The van der Waals surface area contributed by atoms with Gasteiger partial charge in [0.15, 0.2) is 0 Å². The fourth-order valence-electron chi connectivity index (χ4n) is 2.99. The summed E-state index contributed by atoms with van der Waals surface area (Å²) in [5.74, 6) is 0.812. The van der Waals surface area contributed by atoms with Crippen molar-refractivity contribution >= 4 is 28.2 Å². The van der Waals surface area contributed by atoms with E-state index in [2.05, 4.69) is 19.2 Å². The van der Waals surface area contributed by atoms with Gasteiger partial charge in [-0.15, -0.1) is 11.3 Å². The van der Waals surface area contributed by atoms with E-state index in [-0.39, 0.29) is 11.8 Å². The molecule has 2 aliphatic rings. The van der Waals surface area contributed by atoms with Crippen LogP contribution in [0.3, 0.4) is 0 Å². The predicted octanol–water partition coefficient (Wildman–Crippen LogP) is 2.57. The summed E-state index contributed by atoms with van der Waals surface area (Å²) < 4.78 is 0. The maximum atomic E-state index is 12.1. The number of amides is 2. The van der Waals surface area contributed by atoms with Crippen molar-refractivity contribution in [1.29, 1.82) is 0 Å². The highest BCUT2D eigenvalue weighted by atomic mass is 32.1. The van der Waals surface area contributed by atoms with Crippen LogP contribution < -0.4 is 11.1 Å². The van der Waals surface area contributed by atoms with E-state index in [9.17, 15) is 9.59 Å². The van der Waals surface area contributed by atoms with Gasteiger partial charge in [-0.25, -0.2) is 0 Å². The highest BCUT2D eigenvalue weighted by Crippen LogP contribution is 2.42. The third-order valence-corrected chi connectivity index (χ3v) is 5.61. The van der Waals surface area contributed by atoms with E-state index in [1.54, 1.807) is 0 Å². The molecule has 3 N–H and O–H groups in total. The van der Waals surface area contributed by atoms with Crippen LogP contribution in [-0.4, -0.2) is 11.8 Å². The molecule has 1 fully saturated rings. The summed E-state index contributed by atoms with van der Waals surface area (Å²) in [6, 6.07) is 0. The molecule has 0 saturated heterocycles. The van der Waals surface area contributed by atoms with Crippen LogP contribution in [-0.2, 0) is 17.6 Å². The maximum Gasteiger partial charge on any atom is 0.251 e. The van der Waals surface area contributed by atoms with E-state index < -0.39 is 5.91 Å². The van der Waals surface area contributed by atoms with E-state index in [1.807, 2.05) is 0 Å². The number of primary amides is 1. The average Bonchev–Trinajstić information content (AvgIpc) is 2.98. The third-order valence-electron chi connectivity index (χ3n) is 4.44. The Hall–Kier alpha value is -1.36. The number of carbonyl (C=O) groups excluding carboxylic acids is 2. The minimum absolute atomic E-state index is 0.0339. The van der Waals surface area contributed by atoms with Crippen LogP contribution in [0.15, 0.2) is 0 Å². The van der Waals surface area contributed by atoms with Crippen molar-refractivity contribution < 1.29 is 9.59 Å². The second-order valence-electron chi connectivity index (χ2n) is 6.23. The van der Waals surface area contributed by atoms with E-state index >= 15 is 0 Å². The van der Waals surface area contributed by atoms with Crippen molar-refractivity contribution in [1.82, 2.24) is 0 Å². The van der Waals surface area contributed by atoms with Crippen LogP contribution in [0.1, 0.15) is 47.5 Å². The maximum absolute atomic E-state index is 12.1. The number of carbonyl (C=O) groups is 2. The third kappa shape index (κ3) is 2.35. The summed E-state index contributed by atoms with van der Waals surface area (Å²) in [5.41, 5.74) is 7.15. The molecular weight excluding hydrogens is 272 g/mol. The van der Waals surface area contributed by atoms with Gasteiger partial charge >= 0.3 is 0 Å². The monoisotopic (exact) mass is 292 g/mol. The van der Waals surface area contributed by atoms with Gasteiger partial charge in [0.05, 0.1) is 5.56 Å². The zero-order valence-electron chi connectivity index (χ0n) is 11.9. The number of anilines is 1. The van der Waals surface area contributed by atoms with Crippen molar-refractivity contribution in [2.45, 2.75) is 39.5 Å². The van der Waals surface area contributed by atoms with Gasteiger partial charge in [0, 0.05) is 10.8 Å². The number of nitrogens with one attached hydrogen (secondary N) is 1. The van der Waals surface area contributed by atoms with E-state index in [1.165, 1.54) is 16.2 Å². The molecule has 2 aliphatic carbocycles. The molecule has 3 rings (SSSR count). The molecule has 0 aromatic carbocycles. The van der Waals surface area contributed by atoms with Crippen molar-refractivity contribution in [3.8, 4) is 0 Å². The van der Waals surface area contributed by atoms with Gasteiger partial charge in [0.2, 0.25) is 5.91 Å². The highest BCUT2D eigenvalue weighted by Gasteiger charge is 2.40. The van der Waals surface area contributed by atoms with Gasteiger partial charge < -0.3 is 11.1 Å². The summed E-state index contributed by atoms with van der Waals surface area (Å²) in [4.78, 5) is 25.0. The Labute approximate surface area is 122 Å². The minimum Gasteiger partial charge on any atom is -0.365 e. The number of thiophene rings is 1. The van der Waals surface area contributed by atoms with Crippen LogP contribution in [0.2, 0.25) is 0 Å². The molecule has 2 amide bonds. The predicted molar refractivity (Wildman–Crippen MR) is 79.9 cm³/mol. The van der Waals surface area contributed by atoms with Crippen LogP contribution in [0, 0.1) is 17.8 Å². The zero-order chi connectivity index (χ0) is 14.4. The SMILES string of the molecule is C[C@@H]1CCc2c(sc(NC(=O)[C@H]3C[C@H]3C)c2C(N)=O)C1. The summed E-state index contributed by atoms with van der Waals surface area (Å²) in [5, 5.41) is 3.60. The fourth-order valence-corrected chi connectivity index (χ4v) is 4.41. The Morgan fingerprint density at radius 1 is 1.35 bits per heavy atom. The van der Waals surface area contributed by atoms with Gasteiger partial charge in [0.25, 0.3) is 5.91 Å². The summed E-state index contributed by atoms with van der Waals surface area (Å²) >= 11 is 1.54. The first-order valence-electron chi connectivity index (χ1n) is 7.22. The minimum atomic E-state index is -0.420. The number of nitrogens with two attached hydrogens (primary N) is 1. The van der Waals surface area contributed by atoms with Gasteiger partial charge in [-0.2, -0.15) is 0 Å². The van der Waals surface area contributed by atoms with Crippen LogP contribution in [0.5, 0.6) is 0 Å². The molecule has 5 heteroatoms. The molecule has 0 radical (unpaired) electrons. The van der Waals surface area contributed by atoms with E-state index in [0.29, 0.717) is 22.4 Å². The first kappa shape index (κ1) is 13.6. The van der Waals surface area contributed by atoms with Crippen LogP contribution >= 0.6 is 11.3 Å². The van der Waals surface area contributed by atoms with E-state index in [4.69, 9.17) is 5.73 Å². The zero-order valence-corrected chi connectivity index (χ0v) is 12.7. The van der Waals surface area contributed by atoms with Crippen LogP contribution in [0.25, 0.3) is 0 Å². The van der Waals surface area contributed by atoms with Crippen LogP contribution in [0.4, 0.5) is 5.00 Å². The molecule has 0 aliphatic heterocycles. The summed E-state index contributed by atoms with van der Waals surface area (Å²) in [6.07, 6.45) is 3.90. The van der Waals surface area contributed by atoms with Gasteiger partial charge in [-0.05, 0) is 43.1 Å². The van der Waals surface area contributed by atoms with E-state index in [0.717, 1.165) is 31.2 Å². The van der Waals surface area contributed by atoms with Gasteiger partial charge in [0.1, 0.15) is 5.00 Å². The molecule has 1 aromatic rings. The van der Waals surface area contributed by atoms with Crippen molar-refractivity contribution in [2.75, 3.05) is 5.32 Å². The molecule has 108 valence electrons. The van der Waals surface area contributed by atoms with Crippen molar-refractivity contribution in [3.63, 3.8) is 0 Å². The lowest BCUT2D eigenvalue weighted by molar-refractivity contribution is -0.117. The Balaban J connectivity index is 1.90. The molecule has 0 bridgehead atoms.